The SMILES string of the molecule is CCNC(CSc1ccncc1)c1cccc(C)c1. The Bertz CT molecular complexity index is 499. The lowest BCUT2D eigenvalue weighted by Crippen LogP contribution is -2.23. The van der Waals surface area contributed by atoms with Crippen molar-refractivity contribution in [2.75, 3.05) is 12.3 Å². The van der Waals surface area contributed by atoms with Crippen LogP contribution in [0.4, 0.5) is 0 Å². The number of nitrogens with one attached hydrogen (secondary N) is 1. The number of nitrogens with zero attached hydrogens (tertiary/aromatic N) is 1. The molecular weight excluding hydrogens is 252 g/mol. The summed E-state index contributed by atoms with van der Waals surface area (Å²) in [5.41, 5.74) is 2.68. The molecule has 1 N–H and O–H groups in total. The topological polar surface area (TPSA) is 24.9 Å². The molecule has 3 heteroatoms. The van der Waals surface area contributed by atoms with Crippen LogP contribution in [0, 0.1) is 6.92 Å². The van der Waals surface area contributed by atoms with Crippen molar-refractivity contribution < 1.29 is 0 Å². The molecule has 1 atom stereocenters. The van der Waals surface area contributed by atoms with E-state index in [1.807, 2.05) is 24.2 Å². The first-order valence-electron chi connectivity index (χ1n) is 6.62. The Morgan fingerprint density at radius 1 is 1.21 bits per heavy atom. The molecule has 1 heterocycles. The van der Waals surface area contributed by atoms with E-state index in [1.165, 1.54) is 16.0 Å². The smallest absolute Gasteiger partial charge is 0.0415 e. The van der Waals surface area contributed by atoms with E-state index < -0.39 is 0 Å². The van der Waals surface area contributed by atoms with Gasteiger partial charge in [-0.15, -0.1) is 11.8 Å². The minimum absolute atomic E-state index is 0.392. The molecule has 0 aliphatic carbocycles. The van der Waals surface area contributed by atoms with Gasteiger partial charge in [-0.25, -0.2) is 0 Å². The molecule has 0 bridgehead atoms. The van der Waals surface area contributed by atoms with Crippen molar-refractivity contribution in [2.45, 2.75) is 24.8 Å². The van der Waals surface area contributed by atoms with Crippen molar-refractivity contribution in [2.24, 2.45) is 0 Å². The average molecular weight is 272 g/mol. The van der Waals surface area contributed by atoms with Gasteiger partial charge in [0.2, 0.25) is 0 Å². The highest BCUT2D eigenvalue weighted by Crippen LogP contribution is 2.24. The normalized spacial score (nSPS) is 12.3. The van der Waals surface area contributed by atoms with Crippen molar-refractivity contribution in [3.63, 3.8) is 0 Å². The van der Waals surface area contributed by atoms with Crippen LogP contribution in [0.3, 0.4) is 0 Å². The Balaban J connectivity index is 2.04. The van der Waals surface area contributed by atoms with Gasteiger partial charge in [0.1, 0.15) is 0 Å². The third-order valence-electron chi connectivity index (χ3n) is 2.96. The van der Waals surface area contributed by atoms with Crippen molar-refractivity contribution in [1.82, 2.24) is 10.3 Å². The van der Waals surface area contributed by atoms with Gasteiger partial charge in [0, 0.05) is 29.1 Å². The Morgan fingerprint density at radius 2 is 2.00 bits per heavy atom. The molecule has 0 aliphatic heterocycles. The van der Waals surface area contributed by atoms with Crippen LogP contribution >= 0.6 is 11.8 Å². The van der Waals surface area contributed by atoms with Crippen LogP contribution in [0.5, 0.6) is 0 Å². The fourth-order valence-corrected chi connectivity index (χ4v) is 3.00. The van der Waals surface area contributed by atoms with Crippen LogP contribution in [0.2, 0.25) is 0 Å². The van der Waals surface area contributed by atoms with E-state index in [1.54, 1.807) is 0 Å². The maximum absolute atomic E-state index is 4.05. The van der Waals surface area contributed by atoms with Gasteiger partial charge in [0.25, 0.3) is 0 Å². The molecule has 0 fully saturated rings. The fourth-order valence-electron chi connectivity index (χ4n) is 2.02. The van der Waals surface area contributed by atoms with E-state index >= 15 is 0 Å². The van der Waals surface area contributed by atoms with E-state index in [-0.39, 0.29) is 0 Å². The van der Waals surface area contributed by atoms with Gasteiger partial charge in [-0.05, 0) is 31.2 Å². The lowest BCUT2D eigenvalue weighted by atomic mass is 10.1. The minimum Gasteiger partial charge on any atom is -0.309 e. The maximum Gasteiger partial charge on any atom is 0.0415 e. The van der Waals surface area contributed by atoms with Crippen LogP contribution in [0.25, 0.3) is 0 Å². The van der Waals surface area contributed by atoms with Crippen LogP contribution in [-0.2, 0) is 0 Å². The summed E-state index contributed by atoms with van der Waals surface area (Å²) < 4.78 is 0. The molecular formula is C16H20N2S. The van der Waals surface area contributed by atoms with E-state index in [9.17, 15) is 0 Å². The molecule has 0 spiro atoms. The molecule has 1 aromatic heterocycles. The molecule has 100 valence electrons. The summed E-state index contributed by atoms with van der Waals surface area (Å²) >= 11 is 1.87. The second-order valence-corrected chi connectivity index (χ2v) is 5.61. The molecule has 0 aliphatic rings. The summed E-state index contributed by atoms with van der Waals surface area (Å²) in [6.45, 7) is 5.28. The van der Waals surface area contributed by atoms with E-state index in [0.29, 0.717) is 6.04 Å². The standard InChI is InChI=1S/C16H20N2S/c1-3-18-16(14-6-4-5-13(2)11-14)12-19-15-7-9-17-10-8-15/h4-11,16,18H,3,12H2,1-2H3. The molecule has 19 heavy (non-hydrogen) atoms. The molecule has 0 radical (unpaired) electrons. The lowest BCUT2D eigenvalue weighted by Gasteiger charge is -2.18. The minimum atomic E-state index is 0.392. The maximum atomic E-state index is 4.05. The zero-order valence-corrected chi connectivity index (χ0v) is 12.3. The molecule has 0 saturated heterocycles. The Morgan fingerprint density at radius 3 is 2.68 bits per heavy atom. The molecule has 2 aromatic rings. The molecule has 2 nitrogen and oxygen atoms in total. The number of aromatic nitrogens is 1. The monoisotopic (exact) mass is 272 g/mol. The summed E-state index contributed by atoms with van der Waals surface area (Å²) in [6, 6.07) is 13.2. The molecule has 2 rings (SSSR count). The summed E-state index contributed by atoms with van der Waals surface area (Å²) in [5.74, 6) is 1.03. The van der Waals surface area contributed by atoms with Crippen LogP contribution in [0.1, 0.15) is 24.1 Å². The van der Waals surface area contributed by atoms with Gasteiger partial charge in [0.05, 0.1) is 0 Å². The number of aryl methyl sites for hydroxylation is 1. The predicted octanol–water partition coefficient (Wildman–Crippen LogP) is 3.83. The van der Waals surface area contributed by atoms with Gasteiger partial charge >= 0.3 is 0 Å². The largest absolute Gasteiger partial charge is 0.309 e. The number of pyridine rings is 1. The van der Waals surface area contributed by atoms with E-state index in [4.69, 9.17) is 0 Å². The molecule has 0 amide bonds. The van der Waals surface area contributed by atoms with Gasteiger partial charge < -0.3 is 5.32 Å². The van der Waals surface area contributed by atoms with Crippen molar-refractivity contribution in [1.29, 1.82) is 0 Å². The molecule has 0 saturated carbocycles. The Kier molecular flexibility index (Phi) is 5.43. The van der Waals surface area contributed by atoms with Gasteiger partial charge in [-0.2, -0.15) is 0 Å². The van der Waals surface area contributed by atoms with Crippen LogP contribution < -0.4 is 5.32 Å². The number of rotatable bonds is 6. The van der Waals surface area contributed by atoms with Gasteiger partial charge in [-0.1, -0.05) is 36.8 Å². The second kappa shape index (κ2) is 7.31. The zero-order valence-electron chi connectivity index (χ0n) is 11.5. The zero-order chi connectivity index (χ0) is 13.5. The number of benzene rings is 1. The summed E-state index contributed by atoms with van der Waals surface area (Å²) in [4.78, 5) is 5.32. The first-order chi connectivity index (χ1) is 9.29. The lowest BCUT2D eigenvalue weighted by molar-refractivity contribution is 0.605. The highest BCUT2D eigenvalue weighted by molar-refractivity contribution is 7.99. The summed E-state index contributed by atoms with van der Waals surface area (Å²) in [5, 5.41) is 3.56. The second-order valence-electron chi connectivity index (χ2n) is 4.52. The van der Waals surface area contributed by atoms with Crippen molar-refractivity contribution >= 4 is 11.8 Å². The van der Waals surface area contributed by atoms with Gasteiger partial charge in [0.15, 0.2) is 0 Å². The predicted molar refractivity (Wildman–Crippen MR) is 82.6 cm³/mol. The Hall–Kier alpha value is -1.32. The third-order valence-corrected chi connectivity index (χ3v) is 4.07. The fraction of sp³-hybridized carbons (Fsp3) is 0.312. The number of hydrogen-bond acceptors (Lipinski definition) is 3. The van der Waals surface area contributed by atoms with Crippen molar-refractivity contribution in [3.8, 4) is 0 Å². The average Bonchev–Trinajstić information content (AvgIpc) is 2.44. The Labute approximate surface area is 119 Å². The quantitative estimate of drug-likeness (QED) is 0.809. The van der Waals surface area contributed by atoms with Gasteiger partial charge in [-0.3, -0.25) is 4.98 Å². The first kappa shape index (κ1) is 14.1. The highest BCUT2D eigenvalue weighted by Gasteiger charge is 2.10. The van der Waals surface area contributed by atoms with E-state index in [0.717, 1.165) is 12.3 Å². The van der Waals surface area contributed by atoms with Crippen LogP contribution in [-0.4, -0.2) is 17.3 Å². The third kappa shape index (κ3) is 4.37. The van der Waals surface area contributed by atoms with Crippen LogP contribution in [0.15, 0.2) is 53.7 Å². The number of hydrogen-bond donors (Lipinski definition) is 1. The number of thioether (sulfide) groups is 1. The highest BCUT2D eigenvalue weighted by atomic mass is 32.2. The molecule has 1 aromatic carbocycles. The first-order valence-corrected chi connectivity index (χ1v) is 7.61. The van der Waals surface area contributed by atoms with Crippen molar-refractivity contribution in [3.05, 3.63) is 59.9 Å². The molecule has 1 unspecified atom stereocenters. The summed E-state index contributed by atoms with van der Waals surface area (Å²) in [7, 11) is 0. The summed E-state index contributed by atoms with van der Waals surface area (Å²) in [6.07, 6.45) is 3.69. The van der Waals surface area contributed by atoms with E-state index in [2.05, 4.69) is 60.5 Å².